The Morgan fingerprint density at radius 3 is 2.76 bits per heavy atom. The van der Waals surface area contributed by atoms with Gasteiger partial charge in [-0.15, -0.1) is 0 Å². The van der Waals surface area contributed by atoms with Gasteiger partial charge in [0.15, 0.2) is 6.29 Å². The van der Waals surface area contributed by atoms with Crippen LogP contribution in [0.5, 0.6) is 0 Å². The molecule has 0 fully saturated rings. The Kier molecular flexibility index (Phi) is 4.82. The van der Waals surface area contributed by atoms with Crippen molar-refractivity contribution in [3.05, 3.63) is 35.1 Å². The predicted molar refractivity (Wildman–Crippen MR) is 63.7 cm³/mol. The number of hydrogen-bond donors (Lipinski definition) is 0. The van der Waals surface area contributed by atoms with Crippen molar-refractivity contribution >= 4 is 12.2 Å². The lowest BCUT2D eigenvalue weighted by Gasteiger charge is -2.17. The highest BCUT2D eigenvalue weighted by atomic mass is 19.1. The van der Waals surface area contributed by atoms with E-state index in [1.54, 1.807) is 7.05 Å². The molecule has 0 unspecified atom stereocenters. The number of carbonyl (C=O) groups excluding carboxylic acids is 2. The van der Waals surface area contributed by atoms with Crippen molar-refractivity contribution in [3.8, 4) is 0 Å². The molecule has 92 valence electrons. The second-order valence-electron chi connectivity index (χ2n) is 3.90. The summed E-state index contributed by atoms with van der Waals surface area (Å²) in [6.45, 7) is 2.57. The molecule has 0 aliphatic rings. The number of rotatable bonds is 5. The molecule has 0 aliphatic carbocycles. The van der Waals surface area contributed by atoms with E-state index in [2.05, 4.69) is 0 Å². The third-order valence-electron chi connectivity index (χ3n) is 2.58. The number of halogens is 1. The van der Waals surface area contributed by atoms with Crippen LogP contribution in [0, 0.1) is 5.82 Å². The van der Waals surface area contributed by atoms with E-state index >= 15 is 0 Å². The number of hydrogen-bond acceptors (Lipinski definition) is 2. The number of amides is 1. The second-order valence-corrected chi connectivity index (χ2v) is 3.90. The molecule has 0 bridgehead atoms. The third kappa shape index (κ3) is 3.12. The summed E-state index contributed by atoms with van der Waals surface area (Å²) in [6.07, 6.45) is 2.31. The van der Waals surface area contributed by atoms with Gasteiger partial charge in [0.25, 0.3) is 5.91 Å². The summed E-state index contributed by atoms with van der Waals surface area (Å²) in [4.78, 5) is 24.2. The molecule has 17 heavy (non-hydrogen) atoms. The predicted octanol–water partition coefficient (Wildman–Crippen LogP) is 2.51. The zero-order valence-corrected chi connectivity index (χ0v) is 10.1. The fraction of sp³-hybridized carbons (Fsp3) is 0.385. The maximum Gasteiger partial charge on any atom is 0.257 e. The van der Waals surface area contributed by atoms with Crippen molar-refractivity contribution in [2.24, 2.45) is 0 Å². The lowest BCUT2D eigenvalue weighted by atomic mass is 10.1. The molecule has 0 aromatic heterocycles. The maximum atomic E-state index is 13.6. The van der Waals surface area contributed by atoms with Crippen molar-refractivity contribution in [3.63, 3.8) is 0 Å². The minimum absolute atomic E-state index is 0.0957. The molecule has 1 aromatic carbocycles. The molecule has 4 heteroatoms. The van der Waals surface area contributed by atoms with E-state index in [1.807, 2.05) is 6.92 Å². The van der Waals surface area contributed by atoms with Gasteiger partial charge in [0, 0.05) is 19.2 Å². The quantitative estimate of drug-likeness (QED) is 0.738. The van der Waals surface area contributed by atoms with E-state index < -0.39 is 11.7 Å². The molecule has 0 radical (unpaired) electrons. The first kappa shape index (κ1) is 13.4. The number of benzene rings is 1. The van der Waals surface area contributed by atoms with Crippen molar-refractivity contribution < 1.29 is 14.0 Å². The van der Waals surface area contributed by atoms with Crippen molar-refractivity contribution in [1.29, 1.82) is 0 Å². The molecular weight excluding hydrogens is 221 g/mol. The van der Waals surface area contributed by atoms with E-state index in [1.165, 1.54) is 23.1 Å². The van der Waals surface area contributed by atoms with Crippen LogP contribution in [0.1, 0.15) is 40.5 Å². The molecule has 0 atom stereocenters. The molecule has 0 saturated carbocycles. The third-order valence-corrected chi connectivity index (χ3v) is 2.58. The highest BCUT2D eigenvalue weighted by Gasteiger charge is 2.19. The van der Waals surface area contributed by atoms with Crippen LogP contribution in [-0.2, 0) is 0 Å². The Labute approximate surface area is 100 Å². The minimum Gasteiger partial charge on any atom is -0.342 e. The first-order valence-electron chi connectivity index (χ1n) is 5.61. The van der Waals surface area contributed by atoms with Crippen molar-refractivity contribution in [2.75, 3.05) is 13.6 Å². The van der Waals surface area contributed by atoms with Crippen LogP contribution in [0.4, 0.5) is 4.39 Å². The lowest BCUT2D eigenvalue weighted by molar-refractivity contribution is 0.0785. The summed E-state index contributed by atoms with van der Waals surface area (Å²) in [5.41, 5.74) is -0.0422. The van der Waals surface area contributed by atoms with Crippen LogP contribution >= 0.6 is 0 Å². The van der Waals surface area contributed by atoms with Crippen molar-refractivity contribution in [2.45, 2.75) is 19.8 Å². The minimum atomic E-state index is -0.650. The Balaban J connectivity index is 2.98. The van der Waals surface area contributed by atoms with E-state index in [0.717, 1.165) is 12.8 Å². The van der Waals surface area contributed by atoms with Crippen LogP contribution in [0.3, 0.4) is 0 Å². The van der Waals surface area contributed by atoms with E-state index in [-0.39, 0.29) is 11.1 Å². The number of unbranched alkanes of at least 4 members (excludes halogenated alkanes) is 1. The van der Waals surface area contributed by atoms with Gasteiger partial charge in [-0.2, -0.15) is 0 Å². The molecule has 0 saturated heterocycles. The summed E-state index contributed by atoms with van der Waals surface area (Å²) in [6, 6.07) is 4.05. The molecule has 0 aliphatic heterocycles. The van der Waals surface area contributed by atoms with E-state index in [9.17, 15) is 14.0 Å². The SMILES string of the molecule is CCCCN(C)C(=O)c1c(F)cccc1C=O. The van der Waals surface area contributed by atoms with Crippen LogP contribution in [0.15, 0.2) is 18.2 Å². The summed E-state index contributed by atoms with van der Waals surface area (Å²) in [5.74, 6) is -1.10. The molecule has 1 aromatic rings. The summed E-state index contributed by atoms with van der Waals surface area (Å²) in [5, 5.41) is 0. The Morgan fingerprint density at radius 1 is 1.47 bits per heavy atom. The smallest absolute Gasteiger partial charge is 0.257 e. The maximum absolute atomic E-state index is 13.6. The summed E-state index contributed by atoms with van der Waals surface area (Å²) >= 11 is 0. The van der Waals surface area contributed by atoms with Gasteiger partial charge >= 0.3 is 0 Å². The zero-order valence-electron chi connectivity index (χ0n) is 10.1. The van der Waals surface area contributed by atoms with Crippen molar-refractivity contribution in [1.82, 2.24) is 4.90 Å². The summed E-state index contributed by atoms with van der Waals surface area (Å²) in [7, 11) is 1.61. The van der Waals surface area contributed by atoms with Gasteiger partial charge < -0.3 is 4.90 Å². The highest BCUT2D eigenvalue weighted by Crippen LogP contribution is 2.14. The number of aldehydes is 1. The first-order valence-corrected chi connectivity index (χ1v) is 5.61. The Bertz CT molecular complexity index is 418. The lowest BCUT2D eigenvalue weighted by Crippen LogP contribution is -2.29. The molecule has 1 amide bonds. The molecule has 0 heterocycles. The topological polar surface area (TPSA) is 37.4 Å². The zero-order chi connectivity index (χ0) is 12.8. The molecule has 1 rings (SSSR count). The fourth-order valence-corrected chi connectivity index (χ4v) is 1.55. The highest BCUT2D eigenvalue weighted by molar-refractivity contribution is 6.01. The van der Waals surface area contributed by atoms with Gasteiger partial charge in [0.2, 0.25) is 0 Å². The first-order chi connectivity index (χ1) is 8.11. The molecule has 0 N–H and O–H groups in total. The van der Waals surface area contributed by atoms with Gasteiger partial charge in [-0.25, -0.2) is 4.39 Å². The number of nitrogens with zero attached hydrogens (tertiary/aromatic N) is 1. The van der Waals surface area contributed by atoms with Gasteiger partial charge in [-0.05, 0) is 12.5 Å². The average Bonchev–Trinajstić information content (AvgIpc) is 2.34. The van der Waals surface area contributed by atoms with Crippen LogP contribution in [0.2, 0.25) is 0 Å². The van der Waals surface area contributed by atoms with Crippen LogP contribution < -0.4 is 0 Å². The summed E-state index contributed by atoms with van der Waals surface area (Å²) < 4.78 is 13.6. The van der Waals surface area contributed by atoms with E-state index in [0.29, 0.717) is 12.8 Å². The van der Waals surface area contributed by atoms with Crippen LogP contribution in [0.25, 0.3) is 0 Å². The number of carbonyl (C=O) groups is 2. The largest absolute Gasteiger partial charge is 0.342 e. The Hall–Kier alpha value is -1.71. The molecule has 0 spiro atoms. The van der Waals surface area contributed by atoms with Gasteiger partial charge in [0.05, 0.1) is 5.56 Å². The van der Waals surface area contributed by atoms with Gasteiger partial charge in [0.1, 0.15) is 5.82 Å². The second kappa shape index (κ2) is 6.13. The van der Waals surface area contributed by atoms with Crippen LogP contribution in [-0.4, -0.2) is 30.7 Å². The van der Waals surface area contributed by atoms with Gasteiger partial charge in [-0.3, -0.25) is 9.59 Å². The van der Waals surface area contributed by atoms with E-state index in [4.69, 9.17) is 0 Å². The van der Waals surface area contributed by atoms with Gasteiger partial charge in [-0.1, -0.05) is 25.5 Å². The monoisotopic (exact) mass is 237 g/mol. The Morgan fingerprint density at radius 2 is 2.18 bits per heavy atom. The average molecular weight is 237 g/mol. The standard InChI is InChI=1S/C13H16FNO2/c1-3-4-8-15(2)13(17)12-10(9-16)6-5-7-11(12)14/h5-7,9H,3-4,8H2,1-2H3. The normalized spacial score (nSPS) is 10.1. The molecular formula is C13H16FNO2. The fourth-order valence-electron chi connectivity index (χ4n) is 1.55. The molecule has 3 nitrogen and oxygen atoms in total.